The average molecular weight is 331 g/mol. The molecule has 0 saturated carbocycles. The Kier molecular flexibility index (Phi) is 4.98. The van der Waals surface area contributed by atoms with Crippen molar-refractivity contribution in [3.8, 4) is 5.75 Å². The largest absolute Gasteiger partial charge is 0.494 e. The zero-order valence-corrected chi connectivity index (χ0v) is 14.0. The summed E-state index contributed by atoms with van der Waals surface area (Å²) in [6.07, 6.45) is 1.63. The van der Waals surface area contributed by atoms with Gasteiger partial charge >= 0.3 is 5.97 Å². The summed E-state index contributed by atoms with van der Waals surface area (Å²) in [5, 5.41) is 11.6. The van der Waals surface area contributed by atoms with E-state index in [0.29, 0.717) is 13.0 Å². The van der Waals surface area contributed by atoms with Crippen molar-refractivity contribution in [2.45, 2.75) is 31.8 Å². The monoisotopic (exact) mass is 331 g/mol. The molecule has 1 fully saturated rings. The number of carboxylic acids is 1. The van der Waals surface area contributed by atoms with Crippen molar-refractivity contribution in [2.24, 2.45) is 0 Å². The minimum absolute atomic E-state index is 0.0287. The van der Waals surface area contributed by atoms with Gasteiger partial charge in [0.05, 0.1) is 12.6 Å². The third-order valence-electron chi connectivity index (χ3n) is 4.21. The van der Waals surface area contributed by atoms with Gasteiger partial charge in [-0.3, -0.25) is 9.69 Å². The molecule has 3 rings (SSSR count). The fourth-order valence-electron chi connectivity index (χ4n) is 3.27. The van der Waals surface area contributed by atoms with Crippen molar-refractivity contribution >= 4 is 17.3 Å². The SMILES string of the molecule is CCOc1cccc(C(c2cccs2)N2CCCC2C(=O)O)c1. The van der Waals surface area contributed by atoms with Crippen molar-refractivity contribution < 1.29 is 14.6 Å². The number of thiophene rings is 1. The molecule has 1 N–H and O–H groups in total. The van der Waals surface area contributed by atoms with Gasteiger partial charge in [-0.25, -0.2) is 0 Å². The second-order valence-electron chi connectivity index (χ2n) is 5.66. The van der Waals surface area contributed by atoms with E-state index in [1.807, 2.05) is 36.6 Å². The highest BCUT2D eigenvalue weighted by Crippen LogP contribution is 2.37. The van der Waals surface area contributed by atoms with Crippen LogP contribution < -0.4 is 4.74 Å². The molecule has 2 heterocycles. The van der Waals surface area contributed by atoms with Crippen molar-refractivity contribution in [2.75, 3.05) is 13.2 Å². The first kappa shape index (κ1) is 16.0. The van der Waals surface area contributed by atoms with Crippen LogP contribution in [0.1, 0.15) is 36.2 Å². The summed E-state index contributed by atoms with van der Waals surface area (Å²) in [6.45, 7) is 3.39. The topological polar surface area (TPSA) is 49.8 Å². The Hall–Kier alpha value is -1.85. The van der Waals surface area contributed by atoms with Crippen LogP contribution >= 0.6 is 11.3 Å². The van der Waals surface area contributed by atoms with Gasteiger partial charge in [0.1, 0.15) is 11.8 Å². The third-order valence-corrected chi connectivity index (χ3v) is 5.13. The molecule has 2 unspecified atom stereocenters. The summed E-state index contributed by atoms with van der Waals surface area (Å²) >= 11 is 1.67. The second kappa shape index (κ2) is 7.15. The average Bonchev–Trinajstić information content (AvgIpc) is 3.20. The van der Waals surface area contributed by atoms with Crippen LogP contribution in [0.4, 0.5) is 0 Å². The smallest absolute Gasteiger partial charge is 0.320 e. The predicted octanol–water partition coefficient (Wildman–Crippen LogP) is 3.79. The quantitative estimate of drug-likeness (QED) is 0.875. The summed E-state index contributed by atoms with van der Waals surface area (Å²) in [4.78, 5) is 14.9. The van der Waals surface area contributed by atoms with Gasteiger partial charge in [-0.1, -0.05) is 18.2 Å². The Morgan fingerprint density at radius 2 is 2.30 bits per heavy atom. The fourth-order valence-corrected chi connectivity index (χ4v) is 4.14. The maximum absolute atomic E-state index is 11.6. The number of carboxylic acid groups (broad SMARTS) is 1. The first-order valence-corrected chi connectivity index (χ1v) is 8.83. The van der Waals surface area contributed by atoms with E-state index in [9.17, 15) is 9.90 Å². The van der Waals surface area contributed by atoms with Gasteiger partial charge in [-0.15, -0.1) is 11.3 Å². The molecule has 1 aliphatic rings. The van der Waals surface area contributed by atoms with E-state index in [-0.39, 0.29) is 6.04 Å². The molecule has 23 heavy (non-hydrogen) atoms. The lowest BCUT2D eigenvalue weighted by Gasteiger charge is -2.31. The van der Waals surface area contributed by atoms with Crippen molar-refractivity contribution in [1.29, 1.82) is 0 Å². The number of ether oxygens (including phenoxy) is 1. The van der Waals surface area contributed by atoms with Crippen LogP contribution in [0.3, 0.4) is 0 Å². The van der Waals surface area contributed by atoms with Crippen molar-refractivity contribution in [3.63, 3.8) is 0 Å². The van der Waals surface area contributed by atoms with Crippen LogP contribution in [0.15, 0.2) is 41.8 Å². The number of nitrogens with zero attached hydrogens (tertiary/aromatic N) is 1. The van der Waals surface area contributed by atoms with E-state index >= 15 is 0 Å². The Balaban J connectivity index is 2.00. The molecule has 2 aromatic rings. The highest BCUT2D eigenvalue weighted by molar-refractivity contribution is 7.10. The van der Waals surface area contributed by atoms with Gasteiger partial charge in [0.15, 0.2) is 0 Å². The zero-order valence-electron chi connectivity index (χ0n) is 13.1. The lowest BCUT2D eigenvalue weighted by molar-refractivity contribution is -0.142. The van der Waals surface area contributed by atoms with Gasteiger partial charge < -0.3 is 9.84 Å². The lowest BCUT2D eigenvalue weighted by Crippen LogP contribution is -2.39. The van der Waals surface area contributed by atoms with Gasteiger partial charge in [0, 0.05) is 11.4 Å². The molecule has 0 radical (unpaired) electrons. The molecule has 2 atom stereocenters. The number of aliphatic carboxylic acids is 1. The van der Waals surface area contributed by atoms with E-state index in [2.05, 4.69) is 17.0 Å². The number of likely N-dealkylation sites (tertiary alicyclic amines) is 1. The molecular formula is C18H21NO3S. The molecule has 1 saturated heterocycles. The Bertz CT molecular complexity index is 656. The maximum Gasteiger partial charge on any atom is 0.320 e. The molecule has 0 bridgehead atoms. The van der Waals surface area contributed by atoms with Crippen molar-refractivity contribution in [3.05, 3.63) is 52.2 Å². The van der Waals surface area contributed by atoms with Crippen LogP contribution in [0.2, 0.25) is 0 Å². The molecule has 0 spiro atoms. The van der Waals surface area contributed by atoms with Crippen LogP contribution in [0, 0.1) is 0 Å². The number of carbonyl (C=O) groups is 1. The van der Waals surface area contributed by atoms with E-state index in [1.54, 1.807) is 11.3 Å². The molecule has 0 aliphatic carbocycles. The lowest BCUT2D eigenvalue weighted by atomic mass is 10.0. The first-order valence-electron chi connectivity index (χ1n) is 7.95. The summed E-state index contributed by atoms with van der Waals surface area (Å²) in [6, 6.07) is 11.7. The molecule has 1 aliphatic heterocycles. The predicted molar refractivity (Wildman–Crippen MR) is 91.1 cm³/mol. The molecular weight excluding hydrogens is 310 g/mol. The van der Waals surface area contributed by atoms with E-state index in [1.165, 1.54) is 4.88 Å². The number of benzene rings is 1. The van der Waals surface area contributed by atoms with Crippen LogP contribution in [0.5, 0.6) is 5.75 Å². The van der Waals surface area contributed by atoms with Crippen LogP contribution in [-0.2, 0) is 4.79 Å². The molecule has 1 aromatic heterocycles. The van der Waals surface area contributed by atoms with Crippen LogP contribution in [0.25, 0.3) is 0 Å². The van der Waals surface area contributed by atoms with Gasteiger partial charge in [0.25, 0.3) is 0 Å². The second-order valence-corrected chi connectivity index (χ2v) is 6.64. The summed E-state index contributed by atoms with van der Waals surface area (Å²) < 4.78 is 5.62. The number of hydrogen-bond acceptors (Lipinski definition) is 4. The maximum atomic E-state index is 11.6. The minimum Gasteiger partial charge on any atom is -0.494 e. The molecule has 1 aromatic carbocycles. The highest BCUT2D eigenvalue weighted by atomic mass is 32.1. The first-order chi connectivity index (χ1) is 11.2. The van der Waals surface area contributed by atoms with Gasteiger partial charge in [-0.2, -0.15) is 0 Å². The summed E-state index contributed by atoms with van der Waals surface area (Å²) in [5.74, 6) is 0.0997. The number of rotatable bonds is 6. The summed E-state index contributed by atoms with van der Waals surface area (Å²) in [5.41, 5.74) is 1.09. The number of hydrogen-bond donors (Lipinski definition) is 1. The van der Waals surface area contributed by atoms with E-state index < -0.39 is 12.0 Å². The minimum atomic E-state index is -0.731. The Morgan fingerprint density at radius 1 is 1.43 bits per heavy atom. The molecule has 4 nitrogen and oxygen atoms in total. The fraction of sp³-hybridized carbons (Fsp3) is 0.389. The summed E-state index contributed by atoms with van der Waals surface area (Å²) in [7, 11) is 0. The molecule has 5 heteroatoms. The Labute approximate surface area is 140 Å². The standard InChI is InChI=1S/C18H21NO3S/c1-2-22-14-7-3-6-13(12-14)17(16-9-5-11-23-16)19-10-4-8-15(19)18(20)21/h3,5-7,9,11-12,15,17H,2,4,8,10H2,1H3,(H,20,21). The van der Waals surface area contributed by atoms with Crippen LogP contribution in [-0.4, -0.2) is 35.2 Å². The van der Waals surface area contributed by atoms with Crippen molar-refractivity contribution in [1.82, 2.24) is 4.90 Å². The van der Waals surface area contributed by atoms with E-state index in [4.69, 9.17) is 4.74 Å². The van der Waals surface area contributed by atoms with Gasteiger partial charge in [-0.05, 0) is 48.9 Å². The zero-order chi connectivity index (χ0) is 16.2. The molecule has 122 valence electrons. The molecule has 0 amide bonds. The normalized spacial score (nSPS) is 19.6. The third kappa shape index (κ3) is 3.41. The van der Waals surface area contributed by atoms with Gasteiger partial charge in [0.2, 0.25) is 0 Å². The Morgan fingerprint density at radius 3 is 3.00 bits per heavy atom. The highest BCUT2D eigenvalue weighted by Gasteiger charge is 2.37. The van der Waals surface area contributed by atoms with E-state index in [0.717, 1.165) is 24.3 Å².